The highest BCUT2D eigenvalue weighted by molar-refractivity contribution is 7.89. The first-order valence-electron chi connectivity index (χ1n) is 4.02. The number of primary sulfonamides is 1. The van der Waals surface area contributed by atoms with Crippen LogP contribution in [0.25, 0.3) is 0 Å². The Hall–Kier alpha value is -0.910. The molecule has 0 aromatic heterocycles. The zero-order valence-electron chi connectivity index (χ0n) is 8.46. The molecule has 0 aromatic rings. The van der Waals surface area contributed by atoms with E-state index >= 15 is 0 Å². The predicted molar refractivity (Wildman–Crippen MR) is 55.1 cm³/mol. The molecule has 1 amide bonds. The van der Waals surface area contributed by atoms with Crippen molar-refractivity contribution in [2.45, 2.75) is 6.42 Å². The number of methoxy groups -OCH3 is 1. The number of sulfonamides is 1. The Morgan fingerprint density at radius 2 is 1.88 bits per heavy atom. The van der Waals surface area contributed by atoms with Crippen LogP contribution in [0.5, 0.6) is 0 Å². The molecule has 0 aliphatic carbocycles. The van der Waals surface area contributed by atoms with Crippen LogP contribution in [0.1, 0.15) is 6.42 Å². The number of rotatable bonds is 6. The second-order valence-corrected chi connectivity index (χ2v) is 5.95. The number of nitrogens with two attached hydrogens (primary N) is 1. The van der Waals surface area contributed by atoms with Crippen LogP contribution in [0.3, 0.4) is 0 Å². The lowest BCUT2D eigenvalue weighted by Gasteiger charge is -2.06. The average molecular weight is 275 g/mol. The number of hydrogen-bond donors (Lipinski definition) is 3. The Kier molecular flexibility index (Phi) is 5.64. The van der Waals surface area contributed by atoms with E-state index in [9.17, 15) is 21.6 Å². The molecule has 0 fully saturated rings. The highest BCUT2D eigenvalue weighted by atomic mass is 32.2. The molecular weight excluding hydrogens is 262 g/mol. The SMILES string of the molecule is COC(=O)NS(=O)(=O)NCCCS(N)(=O)=O. The number of hydrogen-bond acceptors (Lipinski definition) is 6. The van der Waals surface area contributed by atoms with E-state index in [-0.39, 0.29) is 18.7 Å². The van der Waals surface area contributed by atoms with Crippen molar-refractivity contribution >= 4 is 26.3 Å². The second-order valence-electron chi connectivity index (χ2n) is 2.71. The Balaban J connectivity index is 3.97. The van der Waals surface area contributed by atoms with E-state index in [1.165, 1.54) is 4.72 Å². The molecular formula is C5H13N3O6S2. The fourth-order valence-corrected chi connectivity index (χ4v) is 2.00. The molecule has 0 unspecified atom stereocenters. The van der Waals surface area contributed by atoms with Crippen LogP contribution in [0.2, 0.25) is 0 Å². The fraction of sp³-hybridized carbons (Fsp3) is 0.800. The monoisotopic (exact) mass is 275 g/mol. The first-order chi connectivity index (χ1) is 7.16. The number of nitrogens with one attached hydrogen (secondary N) is 2. The van der Waals surface area contributed by atoms with Crippen molar-refractivity contribution in [3.05, 3.63) is 0 Å². The number of amides is 1. The van der Waals surface area contributed by atoms with Crippen LogP contribution in [0, 0.1) is 0 Å². The fourth-order valence-electron chi connectivity index (χ4n) is 0.667. The van der Waals surface area contributed by atoms with Crippen LogP contribution in [0.15, 0.2) is 0 Å². The van der Waals surface area contributed by atoms with Crippen molar-refractivity contribution in [3.63, 3.8) is 0 Å². The van der Waals surface area contributed by atoms with Crippen molar-refractivity contribution in [1.82, 2.24) is 9.44 Å². The van der Waals surface area contributed by atoms with Crippen molar-refractivity contribution in [3.8, 4) is 0 Å². The maximum Gasteiger partial charge on any atom is 0.421 e. The second kappa shape index (κ2) is 5.98. The summed E-state index contributed by atoms with van der Waals surface area (Å²) >= 11 is 0. The smallest absolute Gasteiger partial charge is 0.421 e. The third kappa shape index (κ3) is 8.40. The first kappa shape index (κ1) is 15.1. The van der Waals surface area contributed by atoms with E-state index in [0.29, 0.717) is 0 Å². The minimum atomic E-state index is -4.02. The molecule has 0 rings (SSSR count). The van der Waals surface area contributed by atoms with Crippen LogP contribution < -0.4 is 14.6 Å². The summed E-state index contributed by atoms with van der Waals surface area (Å²) < 4.78 is 50.5. The van der Waals surface area contributed by atoms with Crippen LogP contribution >= 0.6 is 0 Å². The number of carbonyl (C=O) groups is 1. The van der Waals surface area contributed by atoms with Crippen molar-refractivity contribution in [1.29, 1.82) is 0 Å². The van der Waals surface area contributed by atoms with E-state index in [2.05, 4.69) is 4.74 Å². The van der Waals surface area contributed by atoms with Gasteiger partial charge in [0.1, 0.15) is 0 Å². The number of ether oxygens (including phenoxy) is 1. The van der Waals surface area contributed by atoms with Gasteiger partial charge in [0.15, 0.2) is 0 Å². The Morgan fingerprint density at radius 3 is 2.31 bits per heavy atom. The lowest BCUT2D eigenvalue weighted by Crippen LogP contribution is -2.41. The summed E-state index contributed by atoms with van der Waals surface area (Å²) in [4.78, 5) is 10.6. The third-order valence-corrected chi connectivity index (χ3v) is 3.18. The molecule has 0 spiro atoms. The molecule has 0 radical (unpaired) electrons. The molecule has 4 N–H and O–H groups in total. The van der Waals surface area contributed by atoms with Crippen molar-refractivity contribution in [2.24, 2.45) is 5.14 Å². The molecule has 0 bridgehead atoms. The Labute approximate surface area is 93.6 Å². The highest BCUT2D eigenvalue weighted by Gasteiger charge is 2.13. The van der Waals surface area contributed by atoms with Gasteiger partial charge in [-0.2, -0.15) is 13.1 Å². The van der Waals surface area contributed by atoms with Gasteiger partial charge in [-0.15, -0.1) is 0 Å². The zero-order chi connectivity index (χ0) is 12.8. The standard InChI is InChI=1S/C5H13N3O6S2/c1-14-5(9)8-16(12,13)7-3-2-4-15(6,10)11/h7H,2-4H2,1H3,(H,8,9)(H2,6,10,11). The van der Waals surface area contributed by atoms with E-state index in [0.717, 1.165) is 7.11 Å². The third-order valence-electron chi connectivity index (χ3n) is 1.30. The zero-order valence-corrected chi connectivity index (χ0v) is 10.1. The lowest BCUT2D eigenvalue weighted by atomic mass is 10.5. The van der Waals surface area contributed by atoms with Gasteiger partial charge in [-0.05, 0) is 6.42 Å². The summed E-state index contributed by atoms with van der Waals surface area (Å²) in [6.45, 7) is -0.164. The van der Waals surface area contributed by atoms with E-state index in [1.54, 1.807) is 0 Å². The predicted octanol–water partition coefficient (Wildman–Crippen LogP) is -2.14. The minimum Gasteiger partial charge on any atom is -0.452 e. The van der Waals surface area contributed by atoms with Crippen LogP contribution in [-0.4, -0.2) is 42.3 Å². The largest absolute Gasteiger partial charge is 0.452 e. The summed E-state index contributed by atoms with van der Waals surface area (Å²) in [5.41, 5.74) is 0. The van der Waals surface area contributed by atoms with Gasteiger partial charge in [-0.3, -0.25) is 0 Å². The normalized spacial score (nSPS) is 12.1. The molecule has 9 nitrogen and oxygen atoms in total. The maximum atomic E-state index is 11.0. The van der Waals surface area contributed by atoms with Gasteiger partial charge in [0, 0.05) is 6.54 Å². The van der Waals surface area contributed by atoms with Gasteiger partial charge in [-0.1, -0.05) is 0 Å². The van der Waals surface area contributed by atoms with Crippen molar-refractivity contribution < 1.29 is 26.4 Å². The number of carbonyl (C=O) groups excluding carboxylic acids is 1. The Bertz CT molecular complexity index is 427. The topological polar surface area (TPSA) is 145 Å². The molecule has 0 saturated heterocycles. The lowest BCUT2D eigenvalue weighted by molar-refractivity contribution is 0.177. The van der Waals surface area contributed by atoms with Crippen LogP contribution in [-0.2, 0) is 25.0 Å². The van der Waals surface area contributed by atoms with E-state index in [1.807, 2.05) is 4.72 Å². The van der Waals surface area contributed by atoms with Gasteiger partial charge < -0.3 is 4.74 Å². The minimum absolute atomic E-state index is 0.000909. The molecule has 0 aromatic carbocycles. The molecule has 11 heteroatoms. The quantitative estimate of drug-likeness (QED) is 0.471. The van der Waals surface area contributed by atoms with Gasteiger partial charge in [0.2, 0.25) is 10.0 Å². The van der Waals surface area contributed by atoms with Gasteiger partial charge >= 0.3 is 16.3 Å². The van der Waals surface area contributed by atoms with Crippen LogP contribution in [0.4, 0.5) is 4.79 Å². The summed E-state index contributed by atoms with van der Waals surface area (Å²) in [6, 6.07) is 0. The van der Waals surface area contributed by atoms with Crippen molar-refractivity contribution in [2.75, 3.05) is 19.4 Å². The maximum absolute atomic E-state index is 11.0. The molecule has 0 saturated carbocycles. The first-order valence-corrected chi connectivity index (χ1v) is 7.22. The molecule has 16 heavy (non-hydrogen) atoms. The van der Waals surface area contributed by atoms with Gasteiger partial charge in [-0.25, -0.2) is 23.1 Å². The molecule has 96 valence electrons. The van der Waals surface area contributed by atoms with Gasteiger partial charge in [0.25, 0.3) is 0 Å². The molecule has 0 aliphatic heterocycles. The summed E-state index contributed by atoms with van der Waals surface area (Å²) in [5, 5.41) is 4.69. The highest BCUT2D eigenvalue weighted by Crippen LogP contribution is 1.86. The molecule has 0 heterocycles. The molecule has 0 atom stereocenters. The molecule has 0 aliphatic rings. The Morgan fingerprint density at radius 1 is 1.31 bits per heavy atom. The van der Waals surface area contributed by atoms with E-state index in [4.69, 9.17) is 5.14 Å². The summed E-state index contributed by atoms with van der Waals surface area (Å²) in [7, 11) is -6.63. The van der Waals surface area contributed by atoms with E-state index < -0.39 is 26.3 Å². The average Bonchev–Trinajstić information content (AvgIpc) is 2.10. The summed E-state index contributed by atoms with van der Waals surface area (Å²) in [5.74, 6) is -0.353. The summed E-state index contributed by atoms with van der Waals surface area (Å²) in [6.07, 6.45) is -1.14. The van der Waals surface area contributed by atoms with Gasteiger partial charge in [0.05, 0.1) is 12.9 Å².